The second-order valence-electron chi connectivity index (χ2n) is 2.96. The van der Waals surface area contributed by atoms with Crippen LogP contribution in [0.1, 0.15) is 5.56 Å². The van der Waals surface area contributed by atoms with Gasteiger partial charge >= 0.3 is 6.36 Å². The Morgan fingerprint density at radius 3 is 2.41 bits per heavy atom. The first-order valence-electron chi connectivity index (χ1n) is 3.96. The Balaban J connectivity index is 3.40. The predicted octanol–water partition coefficient (Wildman–Crippen LogP) is 1.54. The molecule has 5 nitrogen and oxygen atoms in total. The fourth-order valence-electron chi connectivity index (χ4n) is 1.10. The SMILES string of the molecule is Cc1c(OC(F)(F)F)cnc(I)c1S(N)(=O)=O. The van der Waals surface area contributed by atoms with Gasteiger partial charge in [-0.2, -0.15) is 0 Å². The minimum atomic E-state index is -4.92. The summed E-state index contributed by atoms with van der Waals surface area (Å²) in [6.07, 6.45) is -4.13. The number of halogens is 4. The van der Waals surface area contributed by atoms with Crippen LogP contribution in [0.3, 0.4) is 0 Å². The Morgan fingerprint density at radius 1 is 1.47 bits per heavy atom. The van der Waals surface area contributed by atoms with Crippen LogP contribution in [0.15, 0.2) is 11.1 Å². The lowest BCUT2D eigenvalue weighted by Gasteiger charge is -2.13. The van der Waals surface area contributed by atoms with Gasteiger partial charge in [-0.05, 0) is 29.5 Å². The van der Waals surface area contributed by atoms with Crippen molar-refractivity contribution in [2.75, 3.05) is 0 Å². The summed E-state index contributed by atoms with van der Waals surface area (Å²) in [6.45, 7) is 1.16. The molecule has 0 unspecified atom stereocenters. The zero-order valence-corrected chi connectivity index (χ0v) is 11.2. The summed E-state index contributed by atoms with van der Waals surface area (Å²) in [4.78, 5) is 3.02. The van der Waals surface area contributed by atoms with Crippen molar-refractivity contribution in [2.45, 2.75) is 18.2 Å². The third kappa shape index (κ3) is 3.67. The third-order valence-electron chi connectivity index (χ3n) is 1.70. The van der Waals surface area contributed by atoms with Gasteiger partial charge in [0.1, 0.15) is 8.60 Å². The summed E-state index contributed by atoms with van der Waals surface area (Å²) in [5.41, 5.74) is -0.232. The lowest BCUT2D eigenvalue weighted by Crippen LogP contribution is -2.21. The molecule has 0 saturated carbocycles. The Labute approximate surface area is 108 Å². The molecule has 0 aliphatic carbocycles. The van der Waals surface area contributed by atoms with Crippen molar-refractivity contribution in [1.29, 1.82) is 0 Å². The number of hydrogen-bond donors (Lipinski definition) is 1. The summed E-state index contributed by atoms with van der Waals surface area (Å²) in [7, 11) is -4.16. The highest BCUT2D eigenvalue weighted by Gasteiger charge is 2.33. The molecule has 1 aromatic heterocycles. The summed E-state index contributed by atoms with van der Waals surface area (Å²) in [6, 6.07) is 0. The van der Waals surface area contributed by atoms with Crippen molar-refractivity contribution in [2.24, 2.45) is 5.14 Å². The van der Waals surface area contributed by atoms with Crippen LogP contribution >= 0.6 is 22.6 Å². The zero-order valence-electron chi connectivity index (χ0n) is 8.25. The molecule has 1 rings (SSSR count). The highest BCUT2D eigenvalue weighted by atomic mass is 127. The van der Waals surface area contributed by atoms with Gasteiger partial charge in [-0.15, -0.1) is 13.2 Å². The number of rotatable bonds is 2. The molecule has 0 spiro atoms. The first-order valence-corrected chi connectivity index (χ1v) is 6.58. The molecule has 0 fully saturated rings. The fraction of sp³-hybridized carbons (Fsp3) is 0.286. The smallest absolute Gasteiger partial charge is 0.404 e. The van der Waals surface area contributed by atoms with E-state index in [9.17, 15) is 21.6 Å². The highest BCUT2D eigenvalue weighted by Crippen LogP contribution is 2.30. The number of hydrogen-bond acceptors (Lipinski definition) is 4. The van der Waals surface area contributed by atoms with Crippen LogP contribution in [-0.4, -0.2) is 19.8 Å². The topological polar surface area (TPSA) is 82.3 Å². The summed E-state index contributed by atoms with van der Waals surface area (Å²) in [5.74, 6) is -0.693. The zero-order chi connectivity index (χ0) is 13.4. The minimum absolute atomic E-state index is 0.0166. The van der Waals surface area contributed by atoms with E-state index in [1.54, 1.807) is 22.6 Å². The van der Waals surface area contributed by atoms with Crippen LogP contribution in [0, 0.1) is 10.6 Å². The Kier molecular flexibility index (Phi) is 3.88. The van der Waals surface area contributed by atoms with Gasteiger partial charge in [0, 0.05) is 5.56 Å². The van der Waals surface area contributed by atoms with Gasteiger partial charge in [0.25, 0.3) is 0 Å². The van der Waals surface area contributed by atoms with E-state index in [0.29, 0.717) is 0 Å². The van der Waals surface area contributed by atoms with Gasteiger partial charge < -0.3 is 4.74 Å². The van der Waals surface area contributed by atoms with E-state index in [1.807, 2.05) is 0 Å². The van der Waals surface area contributed by atoms with Crippen LogP contribution in [0.25, 0.3) is 0 Å². The number of primary sulfonamides is 1. The molecule has 2 N–H and O–H groups in total. The molecule has 96 valence electrons. The van der Waals surface area contributed by atoms with Crippen LogP contribution in [0.5, 0.6) is 5.75 Å². The molecule has 0 atom stereocenters. The quantitative estimate of drug-likeness (QED) is 0.622. The molecule has 0 amide bonds. The molecule has 0 saturated heterocycles. The minimum Gasteiger partial charge on any atom is -0.404 e. The van der Waals surface area contributed by atoms with E-state index in [0.717, 1.165) is 13.1 Å². The standard InChI is InChI=1S/C7H6F3IN2O3S/c1-3-4(16-7(8,9)10)2-13-6(11)5(3)17(12,14)15/h2H,1H3,(H2,12,14,15). The summed E-state index contributed by atoms with van der Waals surface area (Å²) >= 11 is 1.56. The largest absolute Gasteiger partial charge is 0.573 e. The molecule has 0 aliphatic rings. The Bertz CT molecular complexity index is 544. The van der Waals surface area contributed by atoms with E-state index >= 15 is 0 Å². The second kappa shape index (κ2) is 4.57. The van der Waals surface area contributed by atoms with E-state index in [1.165, 1.54) is 0 Å². The van der Waals surface area contributed by atoms with Crippen molar-refractivity contribution < 1.29 is 26.3 Å². The first kappa shape index (κ1) is 14.4. The van der Waals surface area contributed by atoms with Crippen LogP contribution in [-0.2, 0) is 10.0 Å². The maximum Gasteiger partial charge on any atom is 0.573 e. The van der Waals surface area contributed by atoms with Crippen molar-refractivity contribution in [3.63, 3.8) is 0 Å². The molecule has 0 aliphatic heterocycles. The molecule has 0 radical (unpaired) electrons. The summed E-state index contributed by atoms with van der Waals surface area (Å²) < 4.78 is 62.1. The van der Waals surface area contributed by atoms with E-state index < -0.39 is 27.0 Å². The van der Waals surface area contributed by atoms with Gasteiger partial charge in [0.05, 0.1) is 6.20 Å². The van der Waals surface area contributed by atoms with Gasteiger partial charge in [-0.3, -0.25) is 0 Å². The number of alkyl halides is 3. The normalized spacial score (nSPS) is 12.6. The maximum atomic E-state index is 12.0. The lowest BCUT2D eigenvalue weighted by atomic mass is 10.3. The van der Waals surface area contributed by atoms with Gasteiger partial charge in [0.15, 0.2) is 5.75 Å². The molecule has 10 heteroatoms. The van der Waals surface area contributed by atoms with E-state index in [4.69, 9.17) is 5.14 Å². The number of nitrogens with zero attached hydrogens (tertiary/aromatic N) is 1. The number of pyridine rings is 1. The lowest BCUT2D eigenvalue weighted by molar-refractivity contribution is -0.275. The molecule has 17 heavy (non-hydrogen) atoms. The van der Waals surface area contributed by atoms with Gasteiger partial charge in [-0.25, -0.2) is 18.5 Å². The molecular weight excluding hydrogens is 376 g/mol. The average Bonchev–Trinajstić information content (AvgIpc) is 2.06. The van der Waals surface area contributed by atoms with Crippen molar-refractivity contribution in [1.82, 2.24) is 4.98 Å². The fourth-order valence-corrected chi connectivity index (χ4v) is 3.38. The van der Waals surface area contributed by atoms with Gasteiger partial charge in [0.2, 0.25) is 10.0 Å². The molecule has 1 heterocycles. The molecular formula is C7H6F3IN2O3S. The van der Waals surface area contributed by atoms with Crippen molar-refractivity contribution in [3.05, 3.63) is 15.5 Å². The monoisotopic (exact) mass is 382 g/mol. The Morgan fingerprint density at radius 2 is 2.00 bits per heavy atom. The van der Waals surface area contributed by atoms with E-state index in [-0.39, 0.29) is 9.26 Å². The Hall–Kier alpha value is -0.620. The average molecular weight is 382 g/mol. The van der Waals surface area contributed by atoms with Gasteiger partial charge in [-0.1, -0.05) is 0 Å². The first-order chi connectivity index (χ1) is 7.52. The van der Waals surface area contributed by atoms with Crippen LogP contribution < -0.4 is 9.88 Å². The summed E-state index contributed by atoms with van der Waals surface area (Å²) in [5, 5.41) is 4.88. The number of ether oxygens (including phenoxy) is 1. The van der Waals surface area contributed by atoms with Crippen LogP contribution in [0.2, 0.25) is 0 Å². The maximum absolute atomic E-state index is 12.0. The third-order valence-corrected chi connectivity index (χ3v) is 3.96. The second-order valence-corrected chi connectivity index (χ2v) is 5.48. The molecule has 0 bridgehead atoms. The van der Waals surface area contributed by atoms with E-state index in [2.05, 4.69) is 9.72 Å². The molecule has 0 aromatic carbocycles. The predicted molar refractivity (Wildman–Crippen MR) is 59.7 cm³/mol. The van der Waals surface area contributed by atoms with Crippen molar-refractivity contribution >= 4 is 32.6 Å². The highest BCUT2D eigenvalue weighted by molar-refractivity contribution is 14.1. The number of sulfonamides is 1. The number of nitrogens with two attached hydrogens (primary N) is 1. The van der Waals surface area contributed by atoms with Crippen LogP contribution in [0.4, 0.5) is 13.2 Å². The molecule has 1 aromatic rings. The number of aromatic nitrogens is 1. The van der Waals surface area contributed by atoms with Crippen molar-refractivity contribution in [3.8, 4) is 5.75 Å².